The summed E-state index contributed by atoms with van der Waals surface area (Å²) in [5, 5.41) is 0. The Hall–Kier alpha value is -1.39. The Balaban J connectivity index is 2.41. The van der Waals surface area contributed by atoms with Crippen LogP contribution in [-0.2, 0) is 6.42 Å². The lowest BCUT2D eigenvalue weighted by Gasteiger charge is -2.10. The lowest BCUT2D eigenvalue weighted by molar-refractivity contribution is 0.411. The molecule has 0 amide bonds. The molecule has 2 rings (SSSR count). The second kappa shape index (κ2) is 5.50. The van der Waals surface area contributed by atoms with Crippen molar-refractivity contribution in [3.63, 3.8) is 0 Å². The van der Waals surface area contributed by atoms with Crippen LogP contribution in [0.5, 0.6) is 5.75 Å². The van der Waals surface area contributed by atoms with Crippen molar-refractivity contribution in [3.8, 4) is 17.0 Å². The standard InChI is InChI=1S/C14H18N2OS/c1-9-10(2)14(17-3)5-4-12(9)13-8-11(6-7-15)18-16-13/h4-5,8H,6-7,15H2,1-3H3. The van der Waals surface area contributed by atoms with Crippen molar-refractivity contribution < 1.29 is 4.74 Å². The third kappa shape index (κ3) is 2.40. The highest BCUT2D eigenvalue weighted by atomic mass is 32.1. The van der Waals surface area contributed by atoms with E-state index in [1.807, 2.05) is 6.07 Å². The quantitative estimate of drug-likeness (QED) is 0.921. The number of nitrogens with two attached hydrogens (primary N) is 1. The Kier molecular flexibility index (Phi) is 3.99. The molecule has 0 saturated carbocycles. The van der Waals surface area contributed by atoms with Gasteiger partial charge in [0.1, 0.15) is 5.75 Å². The molecule has 3 nitrogen and oxygen atoms in total. The highest BCUT2D eigenvalue weighted by molar-refractivity contribution is 7.06. The Bertz CT molecular complexity index is 549. The monoisotopic (exact) mass is 262 g/mol. The molecule has 0 aliphatic rings. The van der Waals surface area contributed by atoms with Gasteiger partial charge in [-0.15, -0.1) is 0 Å². The van der Waals surface area contributed by atoms with Gasteiger partial charge in [-0.05, 0) is 67.7 Å². The molecule has 96 valence electrons. The molecule has 0 saturated heterocycles. The van der Waals surface area contributed by atoms with Crippen LogP contribution in [-0.4, -0.2) is 18.0 Å². The average molecular weight is 262 g/mol. The van der Waals surface area contributed by atoms with E-state index in [1.165, 1.54) is 33.1 Å². The van der Waals surface area contributed by atoms with Gasteiger partial charge < -0.3 is 10.5 Å². The van der Waals surface area contributed by atoms with E-state index < -0.39 is 0 Å². The zero-order chi connectivity index (χ0) is 13.1. The van der Waals surface area contributed by atoms with Gasteiger partial charge in [-0.3, -0.25) is 0 Å². The average Bonchev–Trinajstić information content (AvgIpc) is 2.81. The molecule has 1 heterocycles. The molecule has 0 spiro atoms. The molecule has 0 radical (unpaired) electrons. The van der Waals surface area contributed by atoms with E-state index in [0.717, 1.165) is 17.9 Å². The number of nitrogens with zero attached hydrogens (tertiary/aromatic N) is 1. The van der Waals surface area contributed by atoms with Gasteiger partial charge in [-0.1, -0.05) is 0 Å². The zero-order valence-corrected chi connectivity index (χ0v) is 11.8. The Morgan fingerprint density at radius 2 is 2.06 bits per heavy atom. The van der Waals surface area contributed by atoms with Crippen molar-refractivity contribution >= 4 is 11.5 Å². The topological polar surface area (TPSA) is 48.1 Å². The molecule has 1 aromatic carbocycles. The fraction of sp³-hybridized carbons (Fsp3) is 0.357. The van der Waals surface area contributed by atoms with Crippen LogP contribution in [0.15, 0.2) is 18.2 Å². The largest absolute Gasteiger partial charge is 0.496 e. The van der Waals surface area contributed by atoms with E-state index in [2.05, 4.69) is 30.4 Å². The lowest BCUT2D eigenvalue weighted by Crippen LogP contribution is -2.00. The smallest absolute Gasteiger partial charge is 0.122 e. The third-order valence-electron chi connectivity index (χ3n) is 3.18. The summed E-state index contributed by atoms with van der Waals surface area (Å²) in [6.07, 6.45) is 0.895. The summed E-state index contributed by atoms with van der Waals surface area (Å²) in [6.45, 7) is 4.85. The van der Waals surface area contributed by atoms with Crippen molar-refractivity contribution in [1.29, 1.82) is 0 Å². The predicted molar refractivity (Wildman–Crippen MR) is 76.3 cm³/mol. The number of ether oxygens (including phenoxy) is 1. The van der Waals surface area contributed by atoms with Gasteiger partial charge in [0.25, 0.3) is 0 Å². The molecular formula is C14H18N2OS. The van der Waals surface area contributed by atoms with E-state index >= 15 is 0 Å². The van der Waals surface area contributed by atoms with Crippen molar-refractivity contribution in [2.24, 2.45) is 5.73 Å². The van der Waals surface area contributed by atoms with Gasteiger partial charge in [0.05, 0.1) is 12.8 Å². The molecular weight excluding hydrogens is 244 g/mol. The van der Waals surface area contributed by atoms with Crippen LogP contribution >= 0.6 is 11.5 Å². The minimum atomic E-state index is 0.669. The van der Waals surface area contributed by atoms with Gasteiger partial charge in [-0.2, -0.15) is 4.37 Å². The van der Waals surface area contributed by atoms with Gasteiger partial charge >= 0.3 is 0 Å². The summed E-state index contributed by atoms with van der Waals surface area (Å²) in [6, 6.07) is 6.20. The molecule has 1 aromatic heterocycles. The van der Waals surface area contributed by atoms with Crippen LogP contribution in [0.2, 0.25) is 0 Å². The van der Waals surface area contributed by atoms with E-state index in [1.54, 1.807) is 7.11 Å². The molecule has 0 unspecified atom stereocenters. The van der Waals surface area contributed by atoms with Crippen molar-refractivity contribution in [3.05, 3.63) is 34.2 Å². The summed E-state index contributed by atoms with van der Waals surface area (Å²) < 4.78 is 9.83. The molecule has 0 atom stereocenters. The predicted octanol–water partition coefficient (Wildman–Crippen LogP) is 2.94. The Morgan fingerprint density at radius 3 is 2.72 bits per heavy atom. The van der Waals surface area contributed by atoms with Crippen LogP contribution in [0.1, 0.15) is 16.0 Å². The number of aromatic nitrogens is 1. The van der Waals surface area contributed by atoms with Crippen LogP contribution < -0.4 is 10.5 Å². The normalized spacial score (nSPS) is 10.7. The first-order valence-electron chi connectivity index (χ1n) is 5.97. The van der Waals surface area contributed by atoms with E-state index in [9.17, 15) is 0 Å². The summed E-state index contributed by atoms with van der Waals surface area (Å²) in [5.74, 6) is 0.925. The van der Waals surface area contributed by atoms with E-state index in [4.69, 9.17) is 10.5 Å². The highest BCUT2D eigenvalue weighted by Crippen LogP contribution is 2.31. The number of hydrogen-bond acceptors (Lipinski definition) is 4. The second-order valence-corrected chi connectivity index (χ2v) is 5.17. The number of methoxy groups -OCH3 is 1. The third-order valence-corrected chi connectivity index (χ3v) is 4.03. The maximum Gasteiger partial charge on any atom is 0.122 e. The number of hydrogen-bond donors (Lipinski definition) is 1. The molecule has 4 heteroatoms. The molecule has 2 N–H and O–H groups in total. The fourth-order valence-electron chi connectivity index (χ4n) is 1.99. The van der Waals surface area contributed by atoms with Crippen LogP contribution in [0.4, 0.5) is 0 Å². The van der Waals surface area contributed by atoms with Gasteiger partial charge in [0, 0.05) is 10.4 Å². The van der Waals surface area contributed by atoms with E-state index in [0.29, 0.717) is 6.54 Å². The number of rotatable bonds is 4. The first kappa shape index (κ1) is 13.1. The Labute approximate surface area is 112 Å². The van der Waals surface area contributed by atoms with Crippen molar-refractivity contribution in [1.82, 2.24) is 4.37 Å². The number of benzene rings is 1. The van der Waals surface area contributed by atoms with Gasteiger partial charge in [0.15, 0.2) is 0 Å². The van der Waals surface area contributed by atoms with Gasteiger partial charge in [-0.25, -0.2) is 0 Å². The lowest BCUT2D eigenvalue weighted by atomic mass is 10.00. The van der Waals surface area contributed by atoms with Crippen LogP contribution in [0.25, 0.3) is 11.3 Å². The molecule has 0 fully saturated rings. The van der Waals surface area contributed by atoms with Crippen molar-refractivity contribution in [2.75, 3.05) is 13.7 Å². The molecule has 2 aromatic rings. The zero-order valence-electron chi connectivity index (χ0n) is 11.0. The fourth-order valence-corrected chi connectivity index (χ4v) is 2.73. The molecule has 18 heavy (non-hydrogen) atoms. The first-order chi connectivity index (χ1) is 8.67. The Morgan fingerprint density at radius 1 is 1.28 bits per heavy atom. The maximum absolute atomic E-state index is 5.56. The summed E-state index contributed by atoms with van der Waals surface area (Å²) >= 11 is 1.53. The van der Waals surface area contributed by atoms with E-state index in [-0.39, 0.29) is 0 Å². The highest BCUT2D eigenvalue weighted by Gasteiger charge is 2.11. The maximum atomic E-state index is 5.56. The summed E-state index contributed by atoms with van der Waals surface area (Å²) in [5.41, 5.74) is 10.2. The van der Waals surface area contributed by atoms with Crippen molar-refractivity contribution in [2.45, 2.75) is 20.3 Å². The van der Waals surface area contributed by atoms with Crippen LogP contribution in [0, 0.1) is 13.8 Å². The van der Waals surface area contributed by atoms with Crippen LogP contribution in [0.3, 0.4) is 0 Å². The summed E-state index contributed by atoms with van der Waals surface area (Å²) in [7, 11) is 1.70. The SMILES string of the molecule is COc1ccc(-c2cc(CCN)sn2)c(C)c1C. The first-order valence-corrected chi connectivity index (χ1v) is 6.75. The molecule has 0 aliphatic carbocycles. The molecule has 0 aliphatic heterocycles. The minimum absolute atomic E-state index is 0.669. The molecule has 0 bridgehead atoms. The summed E-state index contributed by atoms with van der Waals surface area (Å²) in [4.78, 5) is 1.24. The van der Waals surface area contributed by atoms with Gasteiger partial charge in [0.2, 0.25) is 0 Å². The second-order valence-electron chi connectivity index (χ2n) is 4.28. The minimum Gasteiger partial charge on any atom is -0.496 e.